The molecule has 2 aromatic rings. The molecule has 2 unspecified atom stereocenters. The van der Waals surface area contributed by atoms with E-state index in [1.165, 1.54) is 24.3 Å². The predicted octanol–water partition coefficient (Wildman–Crippen LogP) is 6.42. The summed E-state index contributed by atoms with van der Waals surface area (Å²) in [5, 5.41) is 0. The van der Waals surface area contributed by atoms with Crippen molar-refractivity contribution in [3.63, 3.8) is 0 Å². The van der Waals surface area contributed by atoms with Gasteiger partial charge in [-0.1, -0.05) is 18.2 Å². The van der Waals surface area contributed by atoms with Gasteiger partial charge in [0.25, 0.3) is 0 Å². The smallest absolute Gasteiger partial charge is 0.201 e. The molecule has 168 valence electrons. The molecular formula is C25H29F3O3. The minimum absolute atomic E-state index is 0.0213. The number of halogens is 3. The predicted molar refractivity (Wildman–Crippen MR) is 115 cm³/mol. The molecule has 0 saturated carbocycles. The van der Waals surface area contributed by atoms with Crippen molar-refractivity contribution in [3.05, 3.63) is 66.0 Å². The lowest BCUT2D eigenvalue weighted by atomic mass is 9.89. The number of hydrogen-bond acceptors (Lipinski definition) is 3. The first kappa shape index (κ1) is 23.4. The first-order valence-electron chi connectivity index (χ1n) is 10.7. The van der Waals surface area contributed by atoms with Crippen molar-refractivity contribution in [1.82, 2.24) is 0 Å². The molecule has 0 radical (unpaired) electrons. The van der Waals surface area contributed by atoms with Gasteiger partial charge in [-0.05, 0) is 55.9 Å². The van der Waals surface area contributed by atoms with Crippen molar-refractivity contribution in [1.29, 1.82) is 0 Å². The molecule has 1 fully saturated rings. The van der Waals surface area contributed by atoms with Crippen molar-refractivity contribution in [2.24, 2.45) is 0 Å². The van der Waals surface area contributed by atoms with Gasteiger partial charge >= 0.3 is 0 Å². The van der Waals surface area contributed by atoms with Crippen LogP contribution in [-0.4, -0.2) is 33.0 Å². The maximum atomic E-state index is 14.8. The van der Waals surface area contributed by atoms with Crippen LogP contribution in [0.25, 0.3) is 11.1 Å². The molecule has 2 atom stereocenters. The Labute approximate surface area is 181 Å². The van der Waals surface area contributed by atoms with Gasteiger partial charge in [-0.25, -0.2) is 8.78 Å². The summed E-state index contributed by atoms with van der Waals surface area (Å²) >= 11 is 0. The number of allylic oxidation sites excluding steroid dienone is 1. The summed E-state index contributed by atoms with van der Waals surface area (Å²) in [6.07, 6.45) is 5.87. The maximum Gasteiger partial charge on any atom is 0.201 e. The van der Waals surface area contributed by atoms with E-state index in [4.69, 9.17) is 14.2 Å². The Kier molecular flexibility index (Phi) is 8.55. The highest BCUT2D eigenvalue weighted by Gasteiger charge is 2.24. The third-order valence-corrected chi connectivity index (χ3v) is 5.63. The van der Waals surface area contributed by atoms with E-state index in [2.05, 4.69) is 6.58 Å². The molecule has 3 nitrogen and oxygen atoms in total. The molecule has 31 heavy (non-hydrogen) atoms. The summed E-state index contributed by atoms with van der Waals surface area (Å²) < 4.78 is 60.1. The van der Waals surface area contributed by atoms with E-state index in [1.807, 2.05) is 0 Å². The Bertz CT molecular complexity index is 877. The summed E-state index contributed by atoms with van der Waals surface area (Å²) in [5.74, 6) is -2.91. The standard InChI is InChI=1S/C25H29F3O3/c1-3-4-5-13-30-23-11-10-21(24(27)25(23)28)20-9-7-17(15-22(20)26)18-6-8-19(31-16-18)12-14-29-2/h3,7,9-11,15,18-19H,1,4-6,8,12-14,16H2,2H3. The zero-order valence-corrected chi connectivity index (χ0v) is 17.8. The van der Waals surface area contributed by atoms with Crippen LogP contribution >= 0.6 is 0 Å². The number of hydrogen-bond donors (Lipinski definition) is 0. The topological polar surface area (TPSA) is 27.7 Å². The summed E-state index contributed by atoms with van der Waals surface area (Å²) in [5.41, 5.74) is 0.696. The van der Waals surface area contributed by atoms with Crippen molar-refractivity contribution in [2.45, 2.75) is 44.1 Å². The lowest BCUT2D eigenvalue weighted by Gasteiger charge is -2.29. The van der Waals surface area contributed by atoms with Crippen molar-refractivity contribution >= 4 is 0 Å². The fourth-order valence-electron chi connectivity index (χ4n) is 3.81. The lowest BCUT2D eigenvalue weighted by molar-refractivity contribution is -0.0128. The number of rotatable bonds is 10. The highest BCUT2D eigenvalue weighted by Crippen LogP contribution is 2.35. The molecule has 0 N–H and O–H groups in total. The maximum absolute atomic E-state index is 14.8. The van der Waals surface area contributed by atoms with Crippen LogP contribution in [0, 0.1) is 17.5 Å². The van der Waals surface area contributed by atoms with Crippen LogP contribution in [0.15, 0.2) is 43.0 Å². The highest BCUT2D eigenvalue weighted by atomic mass is 19.2. The van der Waals surface area contributed by atoms with Crippen LogP contribution in [0.4, 0.5) is 13.2 Å². The second-order valence-corrected chi connectivity index (χ2v) is 7.77. The summed E-state index contributed by atoms with van der Waals surface area (Å²) in [6.45, 7) is 5.01. The highest BCUT2D eigenvalue weighted by molar-refractivity contribution is 5.66. The van der Waals surface area contributed by atoms with Crippen molar-refractivity contribution in [2.75, 3.05) is 26.9 Å². The minimum atomic E-state index is -1.12. The average Bonchev–Trinajstić information content (AvgIpc) is 2.79. The van der Waals surface area contributed by atoms with Crippen LogP contribution in [-0.2, 0) is 9.47 Å². The van der Waals surface area contributed by atoms with Crippen molar-refractivity contribution in [3.8, 4) is 16.9 Å². The Morgan fingerprint density at radius 1 is 1.06 bits per heavy atom. The van der Waals surface area contributed by atoms with E-state index < -0.39 is 17.5 Å². The van der Waals surface area contributed by atoms with Crippen LogP contribution in [0.1, 0.15) is 43.6 Å². The van der Waals surface area contributed by atoms with Crippen LogP contribution < -0.4 is 4.74 Å². The molecule has 1 aliphatic rings. The number of unbranched alkanes of at least 4 members (excludes halogenated alkanes) is 1. The largest absolute Gasteiger partial charge is 0.490 e. The number of ether oxygens (including phenoxy) is 3. The Morgan fingerprint density at radius 3 is 2.55 bits per heavy atom. The third-order valence-electron chi connectivity index (χ3n) is 5.63. The van der Waals surface area contributed by atoms with Gasteiger partial charge in [-0.2, -0.15) is 4.39 Å². The van der Waals surface area contributed by atoms with Gasteiger partial charge in [0.2, 0.25) is 5.82 Å². The first-order chi connectivity index (χ1) is 15.0. The molecule has 6 heteroatoms. The van der Waals surface area contributed by atoms with E-state index in [-0.39, 0.29) is 35.5 Å². The zero-order chi connectivity index (χ0) is 22.2. The Morgan fingerprint density at radius 2 is 1.87 bits per heavy atom. The molecule has 0 bridgehead atoms. The monoisotopic (exact) mass is 434 g/mol. The second kappa shape index (κ2) is 11.3. The van der Waals surface area contributed by atoms with Gasteiger partial charge in [0.15, 0.2) is 11.6 Å². The van der Waals surface area contributed by atoms with E-state index in [1.54, 1.807) is 19.3 Å². The normalized spacial score (nSPS) is 18.7. The van der Waals surface area contributed by atoms with Gasteiger partial charge < -0.3 is 14.2 Å². The van der Waals surface area contributed by atoms with Gasteiger partial charge in [-0.15, -0.1) is 6.58 Å². The Balaban J connectivity index is 1.70. The summed E-state index contributed by atoms with van der Waals surface area (Å²) in [4.78, 5) is 0. The zero-order valence-electron chi connectivity index (χ0n) is 17.8. The molecule has 1 aliphatic heterocycles. The first-order valence-corrected chi connectivity index (χ1v) is 10.7. The SMILES string of the molecule is C=CCCCOc1ccc(-c2ccc(C3CCC(CCOC)OC3)cc2F)c(F)c1F. The number of benzene rings is 2. The van der Waals surface area contributed by atoms with Gasteiger partial charge in [0, 0.05) is 30.8 Å². The van der Waals surface area contributed by atoms with Crippen LogP contribution in [0.5, 0.6) is 5.75 Å². The summed E-state index contributed by atoms with van der Waals surface area (Å²) in [7, 11) is 1.66. The summed E-state index contributed by atoms with van der Waals surface area (Å²) in [6, 6.07) is 7.35. The fourth-order valence-corrected chi connectivity index (χ4v) is 3.81. The van der Waals surface area contributed by atoms with E-state index in [9.17, 15) is 13.2 Å². The van der Waals surface area contributed by atoms with Gasteiger partial charge in [0.05, 0.1) is 19.3 Å². The van der Waals surface area contributed by atoms with Crippen molar-refractivity contribution < 1.29 is 27.4 Å². The van der Waals surface area contributed by atoms with Crippen LogP contribution in [0.2, 0.25) is 0 Å². The molecule has 1 saturated heterocycles. The molecule has 3 rings (SSSR count). The molecule has 1 heterocycles. The van der Waals surface area contributed by atoms with E-state index in [0.717, 1.165) is 31.2 Å². The molecular weight excluding hydrogens is 405 g/mol. The molecule has 0 spiro atoms. The average molecular weight is 434 g/mol. The molecule has 0 aliphatic carbocycles. The van der Waals surface area contributed by atoms with E-state index >= 15 is 0 Å². The Hall–Kier alpha value is -2.31. The number of methoxy groups -OCH3 is 1. The second-order valence-electron chi connectivity index (χ2n) is 7.77. The molecule has 0 amide bonds. The van der Waals surface area contributed by atoms with Crippen LogP contribution in [0.3, 0.4) is 0 Å². The quantitative estimate of drug-likeness (QED) is 0.319. The van der Waals surface area contributed by atoms with Gasteiger partial charge in [-0.3, -0.25) is 0 Å². The third kappa shape index (κ3) is 5.89. The molecule has 2 aromatic carbocycles. The lowest BCUT2D eigenvalue weighted by Crippen LogP contribution is -2.25. The fraction of sp³-hybridized carbons (Fsp3) is 0.440. The van der Waals surface area contributed by atoms with Gasteiger partial charge in [0.1, 0.15) is 5.82 Å². The molecule has 0 aromatic heterocycles. The minimum Gasteiger partial charge on any atom is -0.490 e. The van der Waals surface area contributed by atoms with E-state index in [0.29, 0.717) is 19.6 Å².